The van der Waals surface area contributed by atoms with Gasteiger partial charge in [0.1, 0.15) is 5.69 Å². The highest BCUT2D eigenvalue weighted by molar-refractivity contribution is 5.92. The fraction of sp³-hybridized carbons (Fsp3) is 0.733. The van der Waals surface area contributed by atoms with Crippen LogP contribution in [0.4, 0.5) is 5.95 Å². The Hall–Kier alpha value is -1.56. The van der Waals surface area contributed by atoms with Crippen LogP contribution in [-0.2, 0) is 11.3 Å². The number of fused-ring (bicyclic) bond motifs is 1. The van der Waals surface area contributed by atoms with Crippen LogP contribution < -0.4 is 5.32 Å². The Morgan fingerprint density at radius 2 is 1.95 bits per heavy atom. The molecule has 2 aliphatic heterocycles. The number of anilines is 1. The summed E-state index contributed by atoms with van der Waals surface area (Å²) in [4.78, 5) is 19.1. The lowest BCUT2D eigenvalue weighted by atomic mass is 9.98. The quantitative estimate of drug-likeness (QED) is 0.856. The number of nitrogens with one attached hydrogen (secondary N) is 1. The number of ether oxygens (including phenoxy) is 1. The van der Waals surface area contributed by atoms with Crippen molar-refractivity contribution in [2.45, 2.75) is 51.9 Å². The molecule has 6 heteroatoms. The molecule has 0 aliphatic carbocycles. The highest BCUT2D eigenvalue weighted by Gasteiger charge is 2.40. The summed E-state index contributed by atoms with van der Waals surface area (Å²) in [6, 6.07) is 0. The SMILES string of the molecule is CC1(C)CN(C(=O)c2cn3c(n2)NCCC3)CC(C)(C)O1. The Morgan fingerprint density at radius 1 is 1.29 bits per heavy atom. The van der Waals surface area contributed by atoms with E-state index in [0.717, 1.165) is 25.5 Å². The minimum absolute atomic E-state index is 0.0110. The van der Waals surface area contributed by atoms with Gasteiger partial charge in [-0.3, -0.25) is 4.79 Å². The maximum Gasteiger partial charge on any atom is 0.274 e. The molecule has 1 saturated heterocycles. The minimum atomic E-state index is -0.338. The smallest absolute Gasteiger partial charge is 0.274 e. The summed E-state index contributed by atoms with van der Waals surface area (Å²) in [6.07, 6.45) is 2.92. The minimum Gasteiger partial charge on any atom is -0.366 e. The summed E-state index contributed by atoms with van der Waals surface area (Å²) in [5.74, 6) is 0.791. The molecule has 2 aliphatic rings. The molecule has 21 heavy (non-hydrogen) atoms. The first kappa shape index (κ1) is 14.4. The molecule has 6 nitrogen and oxygen atoms in total. The van der Waals surface area contributed by atoms with Crippen molar-refractivity contribution in [1.82, 2.24) is 14.5 Å². The maximum absolute atomic E-state index is 12.8. The van der Waals surface area contributed by atoms with Crippen molar-refractivity contribution in [1.29, 1.82) is 0 Å². The fourth-order valence-electron chi connectivity index (χ4n) is 3.37. The van der Waals surface area contributed by atoms with E-state index >= 15 is 0 Å². The molecule has 3 rings (SSSR count). The van der Waals surface area contributed by atoms with Gasteiger partial charge in [0.05, 0.1) is 11.2 Å². The summed E-state index contributed by atoms with van der Waals surface area (Å²) in [7, 11) is 0. The Morgan fingerprint density at radius 3 is 2.57 bits per heavy atom. The largest absolute Gasteiger partial charge is 0.366 e. The van der Waals surface area contributed by atoms with Crippen molar-refractivity contribution in [3.63, 3.8) is 0 Å². The van der Waals surface area contributed by atoms with E-state index in [1.165, 1.54) is 0 Å². The van der Waals surface area contributed by atoms with E-state index in [2.05, 4.69) is 10.3 Å². The van der Waals surface area contributed by atoms with Crippen molar-refractivity contribution in [2.75, 3.05) is 25.0 Å². The Labute approximate surface area is 125 Å². The van der Waals surface area contributed by atoms with Crippen LogP contribution in [0.1, 0.15) is 44.6 Å². The number of amides is 1. The lowest BCUT2D eigenvalue weighted by molar-refractivity contribution is -0.171. The topological polar surface area (TPSA) is 59.4 Å². The average Bonchev–Trinajstić information content (AvgIpc) is 2.77. The van der Waals surface area contributed by atoms with E-state index in [1.54, 1.807) is 0 Å². The summed E-state index contributed by atoms with van der Waals surface area (Å²) in [5, 5.41) is 3.23. The predicted molar refractivity (Wildman–Crippen MR) is 80.5 cm³/mol. The molecule has 1 aromatic rings. The van der Waals surface area contributed by atoms with Crippen LogP contribution in [0, 0.1) is 0 Å². The third kappa shape index (κ3) is 2.90. The van der Waals surface area contributed by atoms with E-state index < -0.39 is 0 Å². The van der Waals surface area contributed by atoms with Crippen LogP contribution in [0.5, 0.6) is 0 Å². The van der Waals surface area contributed by atoms with Crippen LogP contribution in [0.15, 0.2) is 6.20 Å². The first-order chi connectivity index (χ1) is 9.76. The number of imidazole rings is 1. The number of nitrogens with zero attached hydrogens (tertiary/aromatic N) is 3. The molecule has 0 bridgehead atoms. The van der Waals surface area contributed by atoms with Crippen LogP contribution in [-0.4, -0.2) is 51.2 Å². The number of hydrogen-bond acceptors (Lipinski definition) is 4. The average molecular weight is 292 g/mol. The van der Waals surface area contributed by atoms with Gasteiger partial charge in [-0.2, -0.15) is 0 Å². The Balaban J connectivity index is 1.82. The van der Waals surface area contributed by atoms with Gasteiger partial charge in [-0.1, -0.05) is 0 Å². The molecule has 116 valence electrons. The second-order valence-electron chi connectivity index (χ2n) is 7.21. The van der Waals surface area contributed by atoms with Gasteiger partial charge in [-0.25, -0.2) is 4.98 Å². The number of hydrogen-bond donors (Lipinski definition) is 1. The van der Waals surface area contributed by atoms with Gasteiger partial charge < -0.3 is 19.5 Å². The predicted octanol–water partition coefficient (Wildman–Crippen LogP) is 1.73. The van der Waals surface area contributed by atoms with E-state index in [1.807, 2.05) is 43.4 Å². The van der Waals surface area contributed by atoms with E-state index in [-0.39, 0.29) is 17.1 Å². The standard InChI is InChI=1S/C15H24N4O2/c1-14(2)9-19(10-15(3,4)21-14)12(20)11-8-18-7-5-6-16-13(18)17-11/h8H,5-7,9-10H2,1-4H3,(H,16,17). The zero-order valence-corrected chi connectivity index (χ0v) is 13.3. The van der Waals surface area contributed by atoms with E-state index in [0.29, 0.717) is 18.8 Å². The third-order valence-corrected chi connectivity index (χ3v) is 3.84. The zero-order valence-electron chi connectivity index (χ0n) is 13.3. The van der Waals surface area contributed by atoms with Crippen molar-refractivity contribution < 1.29 is 9.53 Å². The van der Waals surface area contributed by atoms with Crippen molar-refractivity contribution >= 4 is 11.9 Å². The van der Waals surface area contributed by atoms with Crippen molar-refractivity contribution in [2.24, 2.45) is 0 Å². The molecule has 0 atom stereocenters. The van der Waals surface area contributed by atoms with Gasteiger partial charge in [-0.15, -0.1) is 0 Å². The van der Waals surface area contributed by atoms with Gasteiger partial charge in [-0.05, 0) is 34.1 Å². The second kappa shape index (κ2) is 4.73. The van der Waals surface area contributed by atoms with E-state index in [4.69, 9.17) is 4.74 Å². The first-order valence-electron chi connectivity index (χ1n) is 7.56. The molecule has 1 aromatic heterocycles. The molecule has 1 amide bonds. The molecule has 0 unspecified atom stereocenters. The molecule has 0 saturated carbocycles. The monoisotopic (exact) mass is 292 g/mol. The van der Waals surface area contributed by atoms with Crippen molar-refractivity contribution in [3.05, 3.63) is 11.9 Å². The Kier molecular flexibility index (Phi) is 3.24. The van der Waals surface area contributed by atoms with E-state index in [9.17, 15) is 4.79 Å². The summed E-state index contributed by atoms with van der Waals surface area (Å²) < 4.78 is 8.05. The summed E-state index contributed by atoms with van der Waals surface area (Å²) >= 11 is 0. The molecule has 0 aromatic carbocycles. The molecule has 3 heterocycles. The highest BCUT2D eigenvalue weighted by atomic mass is 16.5. The van der Waals surface area contributed by atoms with Gasteiger partial charge in [0.15, 0.2) is 0 Å². The normalized spacial score (nSPS) is 23.3. The number of rotatable bonds is 1. The van der Waals surface area contributed by atoms with Gasteiger partial charge in [0.2, 0.25) is 5.95 Å². The fourth-order valence-corrected chi connectivity index (χ4v) is 3.37. The van der Waals surface area contributed by atoms with Crippen LogP contribution >= 0.6 is 0 Å². The van der Waals surface area contributed by atoms with Crippen LogP contribution in [0.2, 0.25) is 0 Å². The molecule has 1 fully saturated rings. The molecular weight excluding hydrogens is 268 g/mol. The summed E-state index contributed by atoms with van der Waals surface area (Å²) in [6.45, 7) is 11.1. The zero-order chi connectivity index (χ0) is 15.3. The molecule has 0 radical (unpaired) electrons. The van der Waals surface area contributed by atoms with Crippen molar-refractivity contribution in [3.8, 4) is 0 Å². The van der Waals surface area contributed by atoms with Gasteiger partial charge in [0, 0.05) is 32.4 Å². The lowest BCUT2D eigenvalue weighted by Crippen LogP contribution is -2.58. The number of morpholine rings is 1. The van der Waals surface area contributed by atoms with Crippen LogP contribution in [0.25, 0.3) is 0 Å². The maximum atomic E-state index is 12.8. The number of aryl methyl sites for hydroxylation is 1. The number of carbonyl (C=O) groups is 1. The molecule has 0 spiro atoms. The third-order valence-electron chi connectivity index (χ3n) is 3.84. The lowest BCUT2D eigenvalue weighted by Gasteiger charge is -2.46. The first-order valence-corrected chi connectivity index (χ1v) is 7.56. The summed E-state index contributed by atoms with van der Waals surface area (Å²) in [5.41, 5.74) is -0.155. The number of carbonyl (C=O) groups excluding carboxylic acids is 1. The van der Waals surface area contributed by atoms with Crippen LogP contribution in [0.3, 0.4) is 0 Å². The highest BCUT2D eigenvalue weighted by Crippen LogP contribution is 2.29. The van der Waals surface area contributed by atoms with Gasteiger partial charge >= 0.3 is 0 Å². The molecule has 1 N–H and O–H groups in total. The van der Waals surface area contributed by atoms with Gasteiger partial charge in [0.25, 0.3) is 5.91 Å². The number of aromatic nitrogens is 2. The Bertz CT molecular complexity index is 523. The molecular formula is C15H24N4O2. The second-order valence-corrected chi connectivity index (χ2v) is 7.21.